The number of hydrogen-bond donors (Lipinski definition) is 3. The molecular formula is C13H11Cl2N5O3S. The second-order valence-electron chi connectivity index (χ2n) is 4.32. The molecule has 0 aliphatic heterocycles. The highest BCUT2D eigenvalue weighted by molar-refractivity contribution is 7.15. The SMILES string of the molecule is O=C(Cc1nnc(NC(=O)C(Cl)Cl)s1)N/N=C\c1ccccc1O. The van der Waals surface area contributed by atoms with E-state index >= 15 is 0 Å². The third kappa shape index (κ3) is 5.44. The fourth-order valence-electron chi connectivity index (χ4n) is 1.48. The first-order chi connectivity index (χ1) is 11.5. The number of aromatic hydroxyl groups is 1. The summed E-state index contributed by atoms with van der Waals surface area (Å²) in [6.45, 7) is 0. The first kappa shape index (κ1) is 18.1. The van der Waals surface area contributed by atoms with Crippen molar-refractivity contribution in [1.29, 1.82) is 0 Å². The van der Waals surface area contributed by atoms with Gasteiger partial charge in [-0.3, -0.25) is 14.9 Å². The van der Waals surface area contributed by atoms with Gasteiger partial charge in [-0.2, -0.15) is 5.10 Å². The van der Waals surface area contributed by atoms with E-state index in [0.29, 0.717) is 10.6 Å². The molecule has 0 bridgehead atoms. The average molecular weight is 388 g/mol. The van der Waals surface area contributed by atoms with E-state index in [1.54, 1.807) is 18.2 Å². The maximum Gasteiger partial charge on any atom is 0.259 e. The van der Waals surface area contributed by atoms with Gasteiger partial charge in [-0.25, -0.2) is 5.43 Å². The molecular weight excluding hydrogens is 377 g/mol. The molecule has 0 unspecified atom stereocenters. The topological polar surface area (TPSA) is 117 Å². The summed E-state index contributed by atoms with van der Waals surface area (Å²) in [5.41, 5.74) is 2.77. The lowest BCUT2D eigenvalue weighted by Gasteiger charge is -1.99. The molecule has 0 saturated heterocycles. The summed E-state index contributed by atoms with van der Waals surface area (Å²) < 4.78 is 0. The molecule has 3 N–H and O–H groups in total. The van der Waals surface area contributed by atoms with Crippen LogP contribution in [0.3, 0.4) is 0 Å². The Bertz CT molecular complexity index is 766. The van der Waals surface area contributed by atoms with Crippen molar-refractivity contribution in [3.8, 4) is 5.75 Å². The molecule has 2 amide bonds. The van der Waals surface area contributed by atoms with E-state index in [4.69, 9.17) is 23.2 Å². The zero-order valence-corrected chi connectivity index (χ0v) is 14.3. The number of carbonyl (C=O) groups is 2. The number of hydrazone groups is 1. The molecule has 0 spiro atoms. The van der Waals surface area contributed by atoms with Crippen LogP contribution in [0.4, 0.5) is 5.13 Å². The van der Waals surface area contributed by atoms with Crippen LogP contribution in [0.2, 0.25) is 0 Å². The Kier molecular flexibility index (Phi) is 6.47. The van der Waals surface area contributed by atoms with Gasteiger partial charge in [0.25, 0.3) is 5.91 Å². The molecule has 0 atom stereocenters. The number of anilines is 1. The zero-order valence-electron chi connectivity index (χ0n) is 11.9. The highest BCUT2D eigenvalue weighted by atomic mass is 35.5. The number of benzene rings is 1. The van der Waals surface area contributed by atoms with Crippen LogP contribution in [0.15, 0.2) is 29.4 Å². The average Bonchev–Trinajstić information content (AvgIpc) is 2.96. The van der Waals surface area contributed by atoms with Crippen LogP contribution in [0.1, 0.15) is 10.6 Å². The van der Waals surface area contributed by atoms with Crippen molar-refractivity contribution in [2.75, 3.05) is 5.32 Å². The van der Waals surface area contributed by atoms with Gasteiger partial charge in [0.2, 0.25) is 11.0 Å². The summed E-state index contributed by atoms with van der Waals surface area (Å²) in [4.78, 5) is 21.8. The Balaban J connectivity index is 1.86. The van der Waals surface area contributed by atoms with Crippen molar-refractivity contribution < 1.29 is 14.7 Å². The first-order valence-corrected chi connectivity index (χ1v) is 8.16. The van der Waals surface area contributed by atoms with Crippen LogP contribution in [-0.2, 0) is 16.0 Å². The molecule has 1 aromatic carbocycles. The molecule has 126 valence electrons. The summed E-state index contributed by atoms with van der Waals surface area (Å²) in [5, 5.41) is 23.7. The van der Waals surface area contributed by atoms with Crippen LogP contribution in [0.5, 0.6) is 5.75 Å². The lowest BCUT2D eigenvalue weighted by Crippen LogP contribution is -2.19. The van der Waals surface area contributed by atoms with Crippen molar-refractivity contribution in [1.82, 2.24) is 15.6 Å². The van der Waals surface area contributed by atoms with Crippen LogP contribution in [0, 0.1) is 0 Å². The Morgan fingerprint density at radius 1 is 1.33 bits per heavy atom. The fraction of sp³-hybridized carbons (Fsp3) is 0.154. The molecule has 8 nitrogen and oxygen atoms in total. The quantitative estimate of drug-likeness (QED) is 0.396. The number of rotatable bonds is 6. The number of phenols is 1. The van der Waals surface area contributed by atoms with E-state index in [-0.39, 0.29) is 17.3 Å². The Morgan fingerprint density at radius 3 is 2.79 bits per heavy atom. The molecule has 0 radical (unpaired) electrons. The van der Waals surface area contributed by atoms with Crippen molar-refractivity contribution in [3.05, 3.63) is 34.8 Å². The van der Waals surface area contributed by atoms with Crippen molar-refractivity contribution in [2.45, 2.75) is 11.3 Å². The molecule has 24 heavy (non-hydrogen) atoms. The third-order valence-corrected chi connectivity index (χ3v) is 3.77. The molecule has 2 aromatic rings. The van der Waals surface area contributed by atoms with Gasteiger partial charge in [0.05, 0.1) is 12.6 Å². The maximum atomic E-state index is 11.7. The minimum atomic E-state index is -1.22. The smallest absolute Gasteiger partial charge is 0.259 e. The van der Waals surface area contributed by atoms with Crippen molar-refractivity contribution >= 4 is 57.7 Å². The molecule has 1 aromatic heterocycles. The lowest BCUT2D eigenvalue weighted by molar-refractivity contribution is -0.120. The predicted molar refractivity (Wildman–Crippen MR) is 91.6 cm³/mol. The van der Waals surface area contributed by atoms with Crippen molar-refractivity contribution in [2.24, 2.45) is 5.10 Å². The number of hydrogen-bond acceptors (Lipinski definition) is 7. The molecule has 11 heteroatoms. The molecule has 0 aliphatic rings. The zero-order chi connectivity index (χ0) is 17.5. The van der Waals surface area contributed by atoms with E-state index in [1.165, 1.54) is 12.3 Å². The first-order valence-electron chi connectivity index (χ1n) is 6.47. The summed E-state index contributed by atoms with van der Waals surface area (Å²) in [5.74, 6) is -1.00. The third-order valence-electron chi connectivity index (χ3n) is 2.54. The largest absolute Gasteiger partial charge is 0.507 e. The summed E-state index contributed by atoms with van der Waals surface area (Å²) >= 11 is 11.8. The van der Waals surface area contributed by atoms with E-state index in [1.807, 2.05) is 0 Å². The van der Waals surface area contributed by atoms with Gasteiger partial charge < -0.3 is 5.11 Å². The van der Waals surface area contributed by atoms with Gasteiger partial charge in [-0.15, -0.1) is 10.2 Å². The van der Waals surface area contributed by atoms with E-state index in [2.05, 4.69) is 26.0 Å². The van der Waals surface area contributed by atoms with E-state index in [9.17, 15) is 14.7 Å². The van der Waals surface area contributed by atoms with Crippen LogP contribution < -0.4 is 10.7 Å². The molecule has 1 heterocycles. The van der Waals surface area contributed by atoms with Gasteiger partial charge in [0, 0.05) is 5.56 Å². The maximum absolute atomic E-state index is 11.7. The van der Waals surface area contributed by atoms with Crippen LogP contribution in [0.25, 0.3) is 0 Å². The summed E-state index contributed by atoms with van der Waals surface area (Å²) in [7, 11) is 0. The van der Waals surface area contributed by atoms with E-state index < -0.39 is 16.7 Å². The number of halogens is 2. The summed E-state index contributed by atoms with van der Waals surface area (Å²) in [6, 6.07) is 6.55. The van der Waals surface area contributed by atoms with Crippen molar-refractivity contribution in [3.63, 3.8) is 0 Å². The van der Waals surface area contributed by atoms with Gasteiger partial charge in [-0.1, -0.05) is 46.7 Å². The number of carbonyl (C=O) groups excluding carboxylic acids is 2. The number of nitrogens with zero attached hydrogens (tertiary/aromatic N) is 3. The molecule has 0 fully saturated rings. The van der Waals surface area contributed by atoms with Gasteiger partial charge in [0.1, 0.15) is 10.8 Å². The highest BCUT2D eigenvalue weighted by Crippen LogP contribution is 2.17. The minimum absolute atomic E-state index is 0.0527. The number of nitrogens with one attached hydrogen (secondary N) is 2. The second-order valence-corrected chi connectivity index (χ2v) is 6.48. The Morgan fingerprint density at radius 2 is 2.08 bits per heavy atom. The molecule has 2 rings (SSSR count). The lowest BCUT2D eigenvalue weighted by atomic mass is 10.2. The monoisotopic (exact) mass is 387 g/mol. The molecule has 0 saturated carbocycles. The second kappa shape index (κ2) is 8.57. The number of alkyl halides is 2. The Hall–Kier alpha value is -2.23. The number of aromatic nitrogens is 2. The predicted octanol–water partition coefficient (Wildman–Crippen LogP) is 1.68. The fourth-order valence-corrected chi connectivity index (χ4v) is 2.33. The van der Waals surface area contributed by atoms with Crippen LogP contribution >= 0.6 is 34.5 Å². The van der Waals surface area contributed by atoms with Gasteiger partial charge >= 0.3 is 0 Å². The van der Waals surface area contributed by atoms with Crippen LogP contribution in [-0.4, -0.2) is 38.2 Å². The number of phenolic OH excluding ortho intramolecular Hbond substituents is 1. The Labute approximate surface area is 150 Å². The number of amides is 2. The van der Waals surface area contributed by atoms with Gasteiger partial charge in [-0.05, 0) is 12.1 Å². The van der Waals surface area contributed by atoms with Gasteiger partial charge in [0.15, 0.2) is 4.84 Å². The number of para-hydroxylation sites is 1. The standard InChI is InChI=1S/C13H11Cl2N5O3S/c14-11(15)12(23)17-13-20-19-10(24-13)5-9(22)18-16-6-7-3-1-2-4-8(7)21/h1-4,6,11,21H,5H2,(H,18,22)(H,17,20,23)/b16-6-. The minimum Gasteiger partial charge on any atom is -0.507 e. The molecule has 0 aliphatic carbocycles. The summed E-state index contributed by atoms with van der Waals surface area (Å²) in [6.07, 6.45) is 1.25. The highest BCUT2D eigenvalue weighted by Gasteiger charge is 2.15. The van der Waals surface area contributed by atoms with E-state index in [0.717, 1.165) is 11.3 Å². The normalized spacial score (nSPS) is 11.0.